The number of aliphatic carboxylic acids is 1. The molecule has 1 fully saturated rings. The van der Waals surface area contributed by atoms with Crippen molar-refractivity contribution in [2.75, 3.05) is 0 Å². The molecule has 20 heavy (non-hydrogen) atoms. The van der Waals surface area contributed by atoms with Gasteiger partial charge in [-0.15, -0.1) is 0 Å². The lowest BCUT2D eigenvalue weighted by atomic mass is 9.86. The van der Waals surface area contributed by atoms with Crippen LogP contribution in [0.15, 0.2) is 33.6 Å². The highest BCUT2D eigenvalue weighted by molar-refractivity contribution is 9.10. The summed E-state index contributed by atoms with van der Waals surface area (Å²) in [6, 6.07) is 6.14. The van der Waals surface area contributed by atoms with Crippen LogP contribution in [0.2, 0.25) is 0 Å². The minimum Gasteiger partial charge on any atom is -0.481 e. The number of sulfonamides is 1. The molecule has 1 aromatic carbocycles. The maximum atomic E-state index is 12.2. The summed E-state index contributed by atoms with van der Waals surface area (Å²) >= 11 is 3.24. The maximum Gasteiger partial charge on any atom is 0.306 e. The molecular weight excluding hydrogens is 346 g/mol. The second-order valence-electron chi connectivity index (χ2n) is 4.98. The third kappa shape index (κ3) is 3.80. The van der Waals surface area contributed by atoms with Gasteiger partial charge in [-0.3, -0.25) is 4.79 Å². The number of hydrogen-bond donors (Lipinski definition) is 2. The fraction of sp³-hybridized carbons (Fsp3) is 0.462. The van der Waals surface area contributed by atoms with E-state index >= 15 is 0 Å². The number of carboxylic acid groups (broad SMARTS) is 1. The molecule has 0 radical (unpaired) electrons. The van der Waals surface area contributed by atoms with E-state index in [1.807, 2.05) is 0 Å². The number of rotatable bonds is 4. The van der Waals surface area contributed by atoms with E-state index in [-0.39, 0.29) is 10.9 Å². The van der Waals surface area contributed by atoms with E-state index in [0.29, 0.717) is 23.7 Å². The SMILES string of the molecule is O=C(O)C1CCCC(NS(=O)(=O)c2cccc(Br)c2)C1. The van der Waals surface area contributed by atoms with Crippen molar-refractivity contribution < 1.29 is 18.3 Å². The summed E-state index contributed by atoms with van der Waals surface area (Å²) in [5.74, 6) is -1.31. The molecule has 1 aliphatic carbocycles. The fourth-order valence-electron chi connectivity index (χ4n) is 2.44. The molecule has 2 atom stereocenters. The number of hydrogen-bond acceptors (Lipinski definition) is 3. The highest BCUT2D eigenvalue weighted by Gasteiger charge is 2.29. The molecule has 7 heteroatoms. The zero-order chi connectivity index (χ0) is 14.8. The van der Waals surface area contributed by atoms with Crippen molar-refractivity contribution in [3.05, 3.63) is 28.7 Å². The standard InChI is InChI=1S/C13H16BrNO4S/c14-10-4-2-6-12(8-10)20(18,19)15-11-5-1-3-9(7-11)13(16)17/h2,4,6,8-9,11,15H,1,3,5,7H2,(H,16,17). The molecule has 2 unspecified atom stereocenters. The van der Waals surface area contributed by atoms with E-state index < -0.39 is 21.9 Å². The predicted octanol–water partition coefficient (Wildman–Crippen LogP) is 2.37. The van der Waals surface area contributed by atoms with Gasteiger partial charge in [0.1, 0.15) is 0 Å². The van der Waals surface area contributed by atoms with Gasteiger partial charge in [-0.1, -0.05) is 28.4 Å². The van der Waals surface area contributed by atoms with Crippen molar-refractivity contribution in [2.24, 2.45) is 5.92 Å². The Morgan fingerprint density at radius 3 is 2.75 bits per heavy atom. The van der Waals surface area contributed by atoms with Crippen LogP contribution in [0, 0.1) is 5.92 Å². The maximum absolute atomic E-state index is 12.2. The van der Waals surface area contributed by atoms with Crippen molar-refractivity contribution in [1.29, 1.82) is 0 Å². The molecule has 0 bridgehead atoms. The second-order valence-corrected chi connectivity index (χ2v) is 7.61. The van der Waals surface area contributed by atoms with Crippen LogP contribution in [0.3, 0.4) is 0 Å². The summed E-state index contributed by atoms with van der Waals surface area (Å²) in [4.78, 5) is 11.2. The quantitative estimate of drug-likeness (QED) is 0.862. The Hall–Kier alpha value is -0.920. The van der Waals surface area contributed by atoms with Crippen LogP contribution in [-0.2, 0) is 14.8 Å². The van der Waals surface area contributed by atoms with E-state index in [9.17, 15) is 13.2 Å². The molecule has 0 saturated heterocycles. The normalized spacial score (nSPS) is 23.4. The minimum absolute atomic E-state index is 0.185. The first-order valence-corrected chi connectivity index (χ1v) is 8.67. The first-order valence-electron chi connectivity index (χ1n) is 6.39. The van der Waals surface area contributed by atoms with Crippen LogP contribution in [-0.4, -0.2) is 25.5 Å². The molecule has 0 heterocycles. The van der Waals surface area contributed by atoms with Gasteiger partial charge in [0.15, 0.2) is 0 Å². The lowest BCUT2D eigenvalue weighted by Gasteiger charge is -2.27. The van der Waals surface area contributed by atoms with Gasteiger partial charge in [-0.25, -0.2) is 13.1 Å². The molecule has 0 aromatic heterocycles. The smallest absolute Gasteiger partial charge is 0.306 e. The van der Waals surface area contributed by atoms with Crippen LogP contribution in [0.4, 0.5) is 0 Å². The zero-order valence-corrected chi connectivity index (χ0v) is 13.2. The number of carboxylic acids is 1. The minimum atomic E-state index is -3.60. The summed E-state index contributed by atoms with van der Waals surface area (Å²) in [5, 5.41) is 9.02. The van der Waals surface area contributed by atoms with Crippen LogP contribution < -0.4 is 4.72 Å². The molecule has 1 aliphatic rings. The van der Waals surface area contributed by atoms with Gasteiger partial charge in [0.2, 0.25) is 10.0 Å². The van der Waals surface area contributed by atoms with Crippen molar-refractivity contribution in [3.63, 3.8) is 0 Å². The monoisotopic (exact) mass is 361 g/mol. The fourth-order valence-corrected chi connectivity index (χ4v) is 4.32. The Labute approximate surface area is 126 Å². The largest absolute Gasteiger partial charge is 0.481 e. The average molecular weight is 362 g/mol. The lowest BCUT2D eigenvalue weighted by molar-refractivity contribution is -0.143. The predicted molar refractivity (Wildman–Crippen MR) is 77.8 cm³/mol. The highest BCUT2D eigenvalue weighted by atomic mass is 79.9. The van der Waals surface area contributed by atoms with Crippen molar-refractivity contribution >= 4 is 31.9 Å². The second kappa shape index (κ2) is 6.24. The third-order valence-corrected chi connectivity index (χ3v) is 5.46. The van der Waals surface area contributed by atoms with Gasteiger partial charge in [-0.2, -0.15) is 0 Å². The average Bonchev–Trinajstić information content (AvgIpc) is 2.38. The van der Waals surface area contributed by atoms with Crippen molar-refractivity contribution in [1.82, 2.24) is 4.72 Å². The zero-order valence-electron chi connectivity index (χ0n) is 10.8. The Kier molecular flexibility index (Phi) is 4.82. The summed E-state index contributed by atoms with van der Waals surface area (Å²) in [6.07, 6.45) is 2.37. The highest BCUT2D eigenvalue weighted by Crippen LogP contribution is 2.26. The summed E-state index contributed by atoms with van der Waals surface area (Å²) in [7, 11) is -3.60. The molecule has 1 aromatic rings. The van der Waals surface area contributed by atoms with Crippen LogP contribution in [0.25, 0.3) is 0 Å². The van der Waals surface area contributed by atoms with Gasteiger partial charge < -0.3 is 5.11 Å². The third-order valence-electron chi connectivity index (χ3n) is 3.45. The van der Waals surface area contributed by atoms with Gasteiger partial charge in [-0.05, 0) is 37.5 Å². The number of carbonyl (C=O) groups is 1. The lowest BCUT2D eigenvalue weighted by Crippen LogP contribution is -2.39. The van der Waals surface area contributed by atoms with Crippen molar-refractivity contribution in [3.8, 4) is 0 Å². The molecule has 110 valence electrons. The Morgan fingerprint density at radius 1 is 1.35 bits per heavy atom. The van der Waals surface area contributed by atoms with Gasteiger partial charge >= 0.3 is 5.97 Å². The molecule has 2 N–H and O–H groups in total. The molecule has 1 saturated carbocycles. The van der Waals surface area contributed by atoms with Crippen LogP contribution in [0.1, 0.15) is 25.7 Å². The van der Waals surface area contributed by atoms with Crippen LogP contribution in [0.5, 0.6) is 0 Å². The Bertz CT molecular complexity index is 602. The van der Waals surface area contributed by atoms with E-state index in [2.05, 4.69) is 20.7 Å². The summed E-state index contributed by atoms with van der Waals surface area (Å²) in [5.41, 5.74) is 0. The van der Waals surface area contributed by atoms with Gasteiger partial charge in [0.05, 0.1) is 10.8 Å². The molecule has 5 nitrogen and oxygen atoms in total. The van der Waals surface area contributed by atoms with Crippen LogP contribution >= 0.6 is 15.9 Å². The number of benzene rings is 1. The molecular formula is C13H16BrNO4S. The van der Waals surface area contributed by atoms with E-state index in [0.717, 1.165) is 6.42 Å². The van der Waals surface area contributed by atoms with Gasteiger partial charge in [0, 0.05) is 10.5 Å². The van der Waals surface area contributed by atoms with E-state index in [1.54, 1.807) is 12.1 Å². The van der Waals surface area contributed by atoms with Crippen molar-refractivity contribution in [2.45, 2.75) is 36.6 Å². The topological polar surface area (TPSA) is 83.5 Å². The summed E-state index contributed by atoms with van der Waals surface area (Å²) in [6.45, 7) is 0. The first kappa shape index (κ1) is 15.5. The first-order chi connectivity index (χ1) is 9.38. The number of nitrogens with one attached hydrogen (secondary N) is 1. The summed E-state index contributed by atoms with van der Waals surface area (Å²) < 4.78 is 27.8. The van der Waals surface area contributed by atoms with E-state index in [1.165, 1.54) is 12.1 Å². The molecule has 0 amide bonds. The Morgan fingerprint density at radius 2 is 2.10 bits per heavy atom. The molecule has 0 aliphatic heterocycles. The number of halogens is 1. The van der Waals surface area contributed by atoms with Gasteiger partial charge in [0.25, 0.3) is 0 Å². The van der Waals surface area contributed by atoms with E-state index in [4.69, 9.17) is 5.11 Å². The molecule has 0 spiro atoms. The Balaban J connectivity index is 2.10. The molecule has 2 rings (SSSR count).